The Morgan fingerprint density at radius 3 is 2.90 bits per heavy atom. The number of aryl methyl sites for hydroxylation is 1. The predicted molar refractivity (Wildman–Crippen MR) is 107 cm³/mol. The van der Waals surface area contributed by atoms with Crippen molar-refractivity contribution >= 4 is 11.6 Å². The quantitative estimate of drug-likeness (QED) is 0.413. The van der Waals surface area contributed by atoms with Gasteiger partial charge >= 0.3 is 0 Å². The van der Waals surface area contributed by atoms with E-state index in [2.05, 4.69) is 22.8 Å². The van der Waals surface area contributed by atoms with Crippen LogP contribution >= 0.6 is 0 Å². The van der Waals surface area contributed by atoms with Gasteiger partial charge in [0.05, 0.1) is 18.3 Å². The van der Waals surface area contributed by atoms with Crippen molar-refractivity contribution in [3.05, 3.63) is 53.7 Å². The van der Waals surface area contributed by atoms with Crippen molar-refractivity contribution in [1.29, 1.82) is 5.26 Å². The molecule has 0 spiro atoms. The van der Waals surface area contributed by atoms with E-state index in [0.717, 1.165) is 37.9 Å². The molecule has 0 radical (unpaired) electrons. The molecule has 152 valence electrons. The van der Waals surface area contributed by atoms with Crippen LogP contribution in [0.3, 0.4) is 0 Å². The fourth-order valence-corrected chi connectivity index (χ4v) is 3.10. The molecule has 0 bridgehead atoms. The molecule has 29 heavy (non-hydrogen) atoms. The van der Waals surface area contributed by atoms with Crippen molar-refractivity contribution < 1.29 is 13.7 Å². The number of hydrogen-bond donors (Lipinski definition) is 0. The van der Waals surface area contributed by atoms with E-state index < -0.39 is 6.67 Å². The van der Waals surface area contributed by atoms with Crippen molar-refractivity contribution in [3.8, 4) is 6.07 Å². The highest BCUT2D eigenvalue weighted by Crippen LogP contribution is 2.38. The molecule has 0 atom stereocenters. The Kier molecular flexibility index (Phi) is 7.12. The van der Waals surface area contributed by atoms with Crippen LogP contribution in [-0.2, 0) is 11.2 Å². The lowest BCUT2D eigenvalue weighted by Crippen LogP contribution is -2.33. The van der Waals surface area contributed by atoms with Gasteiger partial charge in [0.1, 0.15) is 0 Å². The van der Waals surface area contributed by atoms with E-state index in [1.54, 1.807) is 29.2 Å². The Morgan fingerprint density at radius 1 is 1.34 bits per heavy atom. The number of unbranched alkanes of at least 4 members (excludes halogenated alkanes) is 2. The number of benzene rings is 1. The first-order valence-electron chi connectivity index (χ1n) is 10.0. The minimum Gasteiger partial charge on any atom is -0.339 e. The number of halogens is 1. The maximum Gasteiger partial charge on any atom is 0.253 e. The third kappa shape index (κ3) is 5.74. The molecule has 1 aliphatic carbocycles. The number of rotatable bonds is 11. The molecule has 2 aromatic rings. The molecule has 1 saturated carbocycles. The smallest absolute Gasteiger partial charge is 0.253 e. The van der Waals surface area contributed by atoms with Gasteiger partial charge < -0.3 is 9.42 Å². The van der Waals surface area contributed by atoms with Crippen LogP contribution in [-0.4, -0.2) is 29.3 Å². The zero-order valence-electron chi connectivity index (χ0n) is 16.4. The summed E-state index contributed by atoms with van der Waals surface area (Å²) in [5, 5.41) is 13.1. The molecule has 1 amide bonds. The number of nitriles is 1. The lowest BCUT2D eigenvalue weighted by atomic mass is 10.1. The molecule has 6 nitrogen and oxygen atoms in total. The maximum absolute atomic E-state index is 12.7. The Morgan fingerprint density at radius 2 is 2.17 bits per heavy atom. The van der Waals surface area contributed by atoms with Crippen LogP contribution in [0.25, 0.3) is 0 Å². The van der Waals surface area contributed by atoms with Crippen LogP contribution in [0.1, 0.15) is 61.7 Å². The summed E-state index contributed by atoms with van der Waals surface area (Å²) in [6.45, 7) is 3.56. The van der Waals surface area contributed by atoms with Crippen molar-refractivity contribution in [2.45, 2.75) is 50.9 Å². The first kappa shape index (κ1) is 20.7. The van der Waals surface area contributed by atoms with Crippen LogP contribution in [0.5, 0.6) is 0 Å². The number of anilines is 1. The number of nitrogens with zero attached hydrogens (tertiary/aromatic N) is 4. The summed E-state index contributed by atoms with van der Waals surface area (Å²) >= 11 is 0. The van der Waals surface area contributed by atoms with E-state index >= 15 is 0 Å². The van der Waals surface area contributed by atoms with Crippen molar-refractivity contribution in [2.75, 3.05) is 18.1 Å². The number of aromatic nitrogens is 2. The Hall–Kier alpha value is -3.01. The fraction of sp³-hybridized carbons (Fsp3) is 0.455. The number of carbonyl (C=O) groups is 1. The van der Waals surface area contributed by atoms with Crippen molar-refractivity contribution in [1.82, 2.24) is 10.1 Å². The third-order valence-electron chi connectivity index (χ3n) is 4.93. The number of alkyl halides is 1. The van der Waals surface area contributed by atoms with Gasteiger partial charge in [-0.2, -0.15) is 10.2 Å². The molecule has 0 N–H and O–H groups in total. The van der Waals surface area contributed by atoms with Gasteiger partial charge in [0.2, 0.25) is 5.89 Å². The average molecular weight is 396 g/mol. The summed E-state index contributed by atoms with van der Waals surface area (Å²) in [5.41, 5.74) is 1.33. The summed E-state index contributed by atoms with van der Waals surface area (Å²) < 4.78 is 17.9. The van der Waals surface area contributed by atoms with E-state index in [4.69, 9.17) is 9.78 Å². The van der Waals surface area contributed by atoms with Gasteiger partial charge in [0.25, 0.3) is 5.91 Å². The van der Waals surface area contributed by atoms with Gasteiger partial charge in [-0.05, 0) is 43.9 Å². The first-order valence-corrected chi connectivity index (χ1v) is 10.0. The molecule has 0 aliphatic heterocycles. The third-order valence-corrected chi connectivity index (χ3v) is 4.93. The lowest BCUT2D eigenvalue weighted by molar-refractivity contribution is -0.115. The summed E-state index contributed by atoms with van der Waals surface area (Å²) in [6, 6.07) is 8.94. The minimum absolute atomic E-state index is 0.00770. The number of amides is 1. The van der Waals surface area contributed by atoms with Gasteiger partial charge in [-0.3, -0.25) is 9.18 Å². The van der Waals surface area contributed by atoms with Crippen molar-refractivity contribution in [3.63, 3.8) is 0 Å². The van der Waals surface area contributed by atoms with Gasteiger partial charge in [-0.1, -0.05) is 24.2 Å². The molecule has 1 fully saturated rings. The minimum atomic E-state index is -0.621. The van der Waals surface area contributed by atoms with E-state index in [0.29, 0.717) is 36.0 Å². The first-order chi connectivity index (χ1) is 14.1. The molecule has 3 rings (SSSR count). The van der Waals surface area contributed by atoms with E-state index in [1.165, 1.54) is 0 Å². The average Bonchev–Trinajstić information content (AvgIpc) is 3.49. The van der Waals surface area contributed by atoms with Gasteiger partial charge in [0.15, 0.2) is 5.82 Å². The number of hydrogen-bond acceptors (Lipinski definition) is 5. The van der Waals surface area contributed by atoms with E-state index in [9.17, 15) is 9.18 Å². The molecular weight excluding hydrogens is 371 g/mol. The highest BCUT2D eigenvalue weighted by molar-refractivity contribution is 6.05. The van der Waals surface area contributed by atoms with E-state index in [1.807, 2.05) is 0 Å². The Labute approximate surface area is 170 Å². The molecule has 0 unspecified atom stereocenters. The summed E-state index contributed by atoms with van der Waals surface area (Å²) in [6.07, 6.45) is 5.51. The van der Waals surface area contributed by atoms with Crippen LogP contribution in [0.15, 0.2) is 40.9 Å². The molecular formula is C22H25FN4O2. The van der Waals surface area contributed by atoms with Crippen LogP contribution < -0.4 is 4.90 Å². The topological polar surface area (TPSA) is 83.0 Å². The zero-order valence-corrected chi connectivity index (χ0v) is 16.4. The summed E-state index contributed by atoms with van der Waals surface area (Å²) in [4.78, 5) is 18.7. The van der Waals surface area contributed by atoms with Gasteiger partial charge in [-0.15, -0.1) is 0 Å². The van der Waals surface area contributed by atoms with Crippen LogP contribution in [0, 0.1) is 11.3 Å². The van der Waals surface area contributed by atoms with Crippen LogP contribution in [0.4, 0.5) is 10.1 Å². The maximum atomic E-state index is 12.7. The lowest BCUT2D eigenvalue weighted by Gasteiger charge is -2.24. The highest BCUT2D eigenvalue weighted by atomic mass is 19.1. The Bertz CT molecular complexity index is 898. The van der Waals surface area contributed by atoms with Gasteiger partial charge in [-0.25, -0.2) is 0 Å². The SMILES string of the molecule is C=C(CCF)C(=O)N(CCCCCc1nc(C2CC2)no1)c1cccc(C#N)c1. The zero-order chi connectivity index (χ0) is 20.6. The van der Waals surface area contributed by atoms with Crippen LogP contribution in [0.2, 0.25) is 0 Å². The van der Waals surface area contributed by atoms with Gasteiger partial charge in [0, 0.05) is 36.6 Å². The highest BCUT2D eigenvalue weighted by Gasteiger charge is 2.28. The van der Waals surface area contributed by atoms with E-state index in [-0.39, 0.29) is 17.9 Å². The molecule has 1 aromatic heterocycles. The predicted octanol–water partition coefficient (Wildman–Crippen LogP) is 4.48. The second kappa shape index (κ2) is 9.97. The molecule has 1 heterocycles. The Balaban J connectivity index is 1.54. The molecule has 1 aromatic carbocycles. The molecule has 7 heteroatoms. The standard InChI is InChI=1S/C22H25FN4O2/c1-16(11-12-23)22(28)27(19-7-5-6-17(14-19)15-24)13-4-2-3-8-20-25-21(26-29-20)18-9-10-18/h5-7,14,18H,1-4,8-13H2. The second-order valence-electron chi connectivity index (χ2n) is 7.29. The molecule has 1 aliphatic rings. The fourth-order valence-electron chi connectivity index (χ4n) is 3.10. The second-order valence-corrected chi connectivity index (χ2v) is 7.29. The number of carbonyl (C=O) groups excluding carboxylic acids is 1. The summed E-state index contributed by atoms with van der Waals surface area (Å²) in [7, 11) is 0. The molecule has 0 saturated heterocycles. The summed E-state index contributed by atoms with van der Waals surface area (Å²) in [5.74, 6) is 1.66. The van der Waals surface area contributed by atoms with Crippen molar-refractivity contribution in [2.24, 2.45) is 0 Å². The monoisotopic (exact) mass is 396 g/mol. The normalized spacial score (nSPS) is 13.1. The largest absolute Gasteiger partial charge is 0.339 e.